The molecule has 2 aromatic rings. The zero-order valence-electron chi connectivity index (χ0n) is 11.6. The van der Waals surface area contributed by atoms with Crippen molar-refractivity contribution in [3.8, 4) is 0 Å². The lowest BCUT2D eigenvalue weighted by molar-refractivity contribution is 0.0539. The molecule has 1 saturated carbocycles. The van der Waals surface area contributed by atoms with E-state index in [0.717, 1.165) is 37.1 Å². The van der Waals surface area contributed by atoms with Crippen LogP contribution in [0.15, 0.2) is 10.6 Å². The van der Waals surface area contributed by atoms with Crippen molar-refractivity contribution in [2.75, 3.05) is 7.11 Å². The van der Waals surface area contributed by atoms with E-state index in [1.807, 2.05) is 6.07 Å². The molecule has 1 N–H and O–H groups in total. The van der Waals surface area contributed by atoms with Gasteiger partial charge >= 0.3 is 0 Å². The van der Waals surface area contributed by atoms with Gasteiger partial charge in [0.25, 0.3) is 11.6 Å². The second kappa shape index (κ2) is 5.20. The van der Waals surface area contributed by atoms with Gasteiger partial charge in [-0.15, -0.1) is 0 Å². The quantitative estimate of drug-likeness (QED) is 0.847. The predicted octanol–water partition coefficient (Wildman–Crippen LogP) is 2.34. The summed E-state index contributed by atoms with van der Waals surface area (Å²) in [5, 5.41) is 4.75. The Balaban J connectivity index is 2.14. The first-order valence-electron chi connectivity index (χ1n) is 6.87. The number of carbonyl (C=O) groups is 1. The van der Waals surface area contributed by atoms with Crippen LogP contribution in [0.3, 0.4) is 0 Å². The van der Waals surface area contributed by atoms with Gasteiger partial charge in [-0.1, -0.05) is 18.5 Å². The van der Waals surface area contributed by atoms with Gasteiger partial charge in [0.05, 0.1) is 23.8 Å². The van der Waals surface area contributed by atoms with E-state index in [1.165, 1.54) is 7.11 Å². The number of nitrogens with zero attached hydrogens (tertiary/aromatic N) is 2. The second-order valence-corrected chi connectivity index (χ2v) is 5.06. The SMILES string of the molecule is CCCc1noc2nc(C3CC3)cc(C(=O)NOC)c12. The van der Waals surface area contributed by atoms with Crippen molar-refractivity contribution in [2.45, 2.75) is 38.5 Å². The molecule has 2 heterocycles. The van der Waals surface area contributed by atoms with Crippen molar-refractivity contribution < 1.29 is 14.2 Å². The van der Waals surface area contributed by atoms with Crippen LogP contribution in [0.2, 0.25) is 0 Å². The molecular formula is C14H17N3O3. The van der Waals surface area contributed by atoms with E-state index in [-0.39, 0.29) is 5.91 Å². The van der Waals surface area contributed by atoms with Crippen LogP contribution < -0.4 is 5.48 Å². The molecule has 1 aliphatic carbocycles. The Kier molecular flexibility index (Phi) is 3.40. The maximum absolute atomic E-state index is 12.2. The fraction of sp³-hybridized carbons (Fsp3) is 0.500. The molecule has 0 unspecified atom stereocenters. The summed E-state index contributed by atoms with van der Waals surface area (Å²) in [6, 6.07) is 1.84. The average Bonchev–Trinajstić information content (AvgIpc) is 3.22. The first kappa shape index (κ1) is 13.1. The molecule has 1 fully saturated rings. The number of aromatic nitrogens is 2. The molecule has 6 heteroatoms. The molecule has 1 aliphatic rings. The highest BCUT2D eigenvalue weighted by atomic mass is 16.6. The number of hydrogen-bond acceptors (Lipinski definition) is 5. The van der Waals surface area contributed by atoms with Crippen molar-refractivity contribution in [2.24, 2.45) is 0 Å². The van der Waals surface area contributed by atoms with E-state index in [2.05, 4.69) is 22.5 Å². The van der Waals surface area contributed by atoms with Gasteiger partial charge < -0.3 is 4.52 Å². The first-order valence-corrected chi connectivity index (χ1v) is 6.87. The minimum Gasteiger partial charge on any atom is -0.336 e. The Labute approximate surface area is 116 Å². The molecule has 0 aromatic carbocycles. The van der Waals surface area contributed by atoms with Crippen molar-refractivity contribution in [3.05, 3.63) is 23.0 Å². The number of amides is 1. The fourth-order valence-corrected chi connectivity index (χ4v) is 2.35. The summed E-state index contributed by atoms with van der Waals surface area (Å²) in [5.41, 5.74) is 5.02. The van der Waals surface area contributed by atoms with Crippen molar-refractivity contribution >= 4 is 17.0 Å². The zero-order chi connectivity index (χ0) is 14.1. The van der Waals surface area contributed by atoms with Crippen LogP contribution in [0.1, 0.15) is 53.8 Å². The summed E-state index contributed by atoms with van der Waals surface area (Å²) < 4.78 is 5.31. The number of carbonyl (C=O) groups excluding carboxylic acids is 1. The van der Waals surface area contributed by atoms with Crippen molar-refractivity contribution in [1.29, 1.82) is 0 Å². The van der Waals surface area contributed by atoms with E-state index < -0.39 is 0 Å². The summed E-state index contributed by atoms with van der Waals surface area (Å²) in [5.74, 6) is 0.149. The molecule has 3 rings (SSSR count). The highest BCUT2D eigenvalue weighted by Crippen LogP contribution is 2.40. The van der Waals surface area contributed by atoms with E-state index in [1.54, 1.807) is 0 Å². The Morgan fingerprint density at radius 1 is 1.55 bits per heavy atom. The first-order chi connectivity index (χ1) is 9.74. The number of nitrogens with one attached hydrogen (secondary N) is 1. The molecule has 0 aliphatic heterocycles. The Morgan fingerprint density at radius 2 is 2.35 bits per heavy atom. The minimum absolute atomic E-state index is 0.289. The van der Waals surface area contributed by atoms with Crippen LogP contribution in [0.5, 0.6) is 0 Å². The Hall–Kier alpha value is -1.95. The predicted molar refractivity (Wildman–Crippen MR) is 72.2 cm³/mol. The van der Waals surface area contributed by atoms with Crippen molar-refractivity contribution in [1.82, 2.24) is 15.6 Å². The summed E-state index contributed by atoms with van der Waals surface area (Å²) in [7, 11) is 1.42. The molecule has 2 aromatic heterocycles. The van der Waals surface area contributed by atoms with E-state index in [0.29, 0.717) is 22.6 Å². The molecule has 0 radical (unpaired) electrons. The van der Waals surface area contributed by atoms with E-state index in [4.69, 9.17) is 9.36 Å². The summed E-state index contributed by atoms with van der Waals surface area (Å²) in [4.78, 5) is 21.4. The largest absolute Gasteiger partial charge is 0.336 e. The molecule has 0 saturated heterocycles. The van der Waals surface area contributed by atoms with Gasteiger partial charge in [0, 0.05) is 11.6 Å². The van der Waals surface area contributed by atoms with Crippen LogP contribution in [-0.4, -0.2) is 23.2 Å². The second-order valence-electron chi connectivity index (χ2n) is 5.06. The zero-order valence-corrected chi connectivity index (χ0v) is 11.6. The number of rotatable bonds is 5. The number of hydrogen-bond donors (Lipinski definition) is 1. The van der Waals surface area contributed by atoms with Crippen LogP contribution >= 0.6 is 0 Å². The van der Waals surface area contributed by atoms with Gasteiger partial charge in [-0.2, -0.15) is 0 Å². The monoisotopic (exact) mass is 275 g/mol. The number of fused-ring (bicyclic) bond motifs is 1. The minimum atomic E-state index is -0.289. The van der Waals surface area contributed by atoms with Gasteiger partial charge in [0.15, 0.2) is 0 Å². The van der Waals surface area contributed by atoms with Crippen LogP contribution in [0.4, 0.5) is 0 Å². The number of pyridine rings is 1. The lowest BCUT2D eigenvalue weighted by atomic mass is 10.1. The standard InChI is InChI=1S/C14H17N3O3/c1-3-4-10-12-9(13(18)17-19-2)7-11(8-5-6-8)15-14(12)20-16-10/h7-8H,3-6H2,1-2H3,(H,17,18). The third-order valence-corrected chi connectivity index (χ3v) is 3.46. The summed E-state index contributed by atoms with van der Waals surface area (Å²) in [6.45, 7) is 2.06. The highest BCUT2D eigenvalue weighted by molar-refractivity contribution is 6.05. The maximum atomic E-state index is 12.2. The molecule has 0 bridgehead atoms. The molecule has 106 valence electrons. The lowest BCUT2D eigenvalue weighted by Gasteiger charge is -2.06. The lowest BCUT2D eigenvalue weighted by Crippen LogP contribution is -2.22. The maximum Gasteiger partial charge on any atom is 0.275 e. The topological polar surface area (TPSA) is 77.2 Å². The Morgan fingerprint density at radius 3 is 3.00 bits per heavy atom. The van der Waals surface area contributed by atoms with Gasteiger partial charge in [-0.25, -0.2) is 10.5 Å². The average molecular weight is 275 g/mol. The molecule has 6 nitrogen and oxygen atoms in total. The molecule has 0 spiro atoms. The van der Waals surface area contributed by atoms with E-state index >= 15 is 0 Å². The number of aryl methyl sites for hydroxylation is 1. The summed E-state index contributed by atoms with van der Waals surface area (Å²) >= 11 is 0. The van der Waals surface area contributed by atoms with Crippen LogP contribution in [0, 0.1) is 0 Å². The van der Waals surface area contributed by atoms with Gasteiger partial charge in [0.1, 0.15) is 0 Å². The van der Waals surface area contributed by atoms with Crippen molar-refractivity contribution in [3.63, 3.8) is 0 Å². The highest BCUT2D eigenvalue weighted by Gasteiger charge is 2.29. The summed E-state index contributed by atoms with van der Waals surface area (Å²) in [6.07, 6.45) is 3.90. The number of hydroxylamine groups is 1. The van der Waals surface area contributed by atoms with Crippen LogP contribution in [-0.2, 0) is 11.3 Å². The molecule has 1 amide bonds. The Bertz CT molecular complexity index is 646. The third-order valence-electron chi connectivity index (χ3n) is 3.46. The van der Waals surface area contributed by atoms with Gasteiger partial charge in [0.2, 0.25) is 0 Å². The van der Waals surface area contributed by atoms with Gasteiger partial charge in [-0.3, -0.25) is 9.63 Å². The fourth-order valence-electron chi connectivity index (χ4n) is 2.35. The van der Waals surface area contributed by atoms with Crippen LogP contribution in [0.25, 0.3) is 11.1 Å². The molecule has 20 heavy (non-hydrogen) atoms. The van der Waals surface area contributed by atoms with E-state index in [9.17, 15) is 4.79 Å². The molecular weight excluding hydrogens is 258 g/mol. The normalized spacial score (nSPS) is 14.7. The molecule has 0 atom stereocenters. The smallest absolute Gasteiger partial charge is 0.275 e. The third kappa shape index (κ3) is 2.27. The van der Waals surface area contributed by atoms with Gasteiger partial charge in [-0.05, 0) is 25.3 Å².